The molecule has 3 rings (SSSR count). The molecule has 0 aromatic carbocycles. The van der Waals surface area contributed by atoms with Crippen LogP contribution in [0, 0.1) is 6.92 Å². The number of aromatic nitrogens is 2. The minimum atomic E-state index is -0.116. The van der Waals surface area contributed by atoms with Crippen LogP contribution in [-0.2, 0) is 11.8 Å². The van der Waals surface area contributed by atoms with Crippen molar-refractivity contribution in [3.05, 3.63) is 29.1 Å². The van der Waals surface area contributed by atoms with Crippen molar-refractivity contribution < 1.29 is 9.53 Å². The predicted molar refractivity (Wildman–Crippen MR) is 102 cm³/mol. The van der Waals surface area contributed by atoms with Crippen molar-refractivity contribution in [3.8, 4) is 0 Å². The summed E-state index contributed by atoms with van der Waals surface area (Å²) in [7, 11) is 1.85. The number of nitrogens with one attached hydrogen (secondary N) is 1. The van der Waals surface area contributed by atoms with E-state index in [-0.39, 0.29) is 17.6 Å². The molecule has 0 saturated carbocycles. The highest BCUT2D eigenvalue weighted by Crippen LogP contribution is 2.38. The number of likely N-dealkylation sites (tertiary alicyclic amines) is 1. The summed E-state index contributed by atoms with van der Waals surface area (Å²) in [5, 5.41) is 7.22. The van der Waals surface area contributed by atoms with Crippen LogP contribution in [-0.4, -0.2) is 58.5 Å². The van der Waals surface area contributed by atoms with Crippen molar-refractivity contribution >= 4 is 5.91 Å². The molecule has 1 aromatic heterocycles. The van der Waals surface area contributed by atoms with E-state index in [1.165, 1.54) is 5.57 Å². The van der Waals surface area contributed by atoms with Crippen LogP contribution >= 0.6 is 0 Å². The topological polar surface area (TPSA) is 59.4 Å². The van der Waals surface area contributed by atoms with E-state index in [9.17, 15) is 4.79 Å². The number of hydrogen-bond acceptors (Lipinski definition) is 4. The maximum absolute atomic E-state index is 12.2. The lowest BCUT2D eigenvalue weighted by molar-refractivity contribution is -0.0741. The van der Waals surface area contributed by atoms with Gasteiger partial charge in [-0.1, -0.05) is 11.6 Å². The molecular weight excluding hydrogens is 328 g/mol. The Morgan fingerprint density at radius 2 is 2.12 bits per heavy atom. The van der Waals surface area contributed by atoms with Crippen molar-refractivity contribution in [1.82, 2.24) is 20.0 Å². The first-order valence-electron chi connectivity index (χ1n) is 9.69. The second kappa shape index (κ2) is 7.92. The van der Waals surface area contributed by atoms with Crippen molar-refractivity contribution in [2.24, 2.45) is 7.05 Å². The monoisotopic (exact) mass is 360 g/mol. The van der Waals surface area contributed by atoms with Gasteiger partial charge in [0.2, 0.25) is 0 Å². The summed E-state index contributed by atoms with van der Waals surface area (Å²) >= 11 is 0. The van der Waals surface area contributed by atoms with E-state index in [1.807, 2.05) is 20.0 Å². The summed E-state index contributed by atoms with van der Waals surface area (Å²) in [5.74, 6) is -0.116. The molecule has 26 heavy (non-hydrogen) atoms. The van der Waals surface area contributed by atoms with Gasteiger partial charge in [-0.15, -0.1) is 0 Å². The molecule has 2 aliphatic rings. The zero-order valence-electron chi connectivity index (χ0n) is 16.5. The number of ether oxygens (including phenoxy) is 1. The van der Waals surface area contributed by atoms with Gasteiger partial charge < -0.3 is 10.1 Å². The number of amides is 1. The van der Waals surface area contributed by atoms with Gasteiger partial charge >= 0.3 is 0 Å². The molecule has 2 saturated heterocycles. The third-order valence-corrected chi connectivity index (χ3v) is 5.70. The number of allylic oxidation sites excluding steroid dienone is 1. The molecule has 144 valence electrons. The standard InChI is InChI=1S/C20H32N4O2/c1-15(2)6-10-24-11-8-20(9-12-24)7-5-17(26-20)14-21-19(25)18-13-16(3)23(4)22-18/h6,13,17H,5,7-12,14H2,1-4H3,(H,21,25)/t17-/m0/s1. The van der Waals surface area contributed by atoms with Crippen LogP contribution in [0.1, 0.15) is 55.7 Å². The van der Waals surface area contributed by atoms with Crippen LogP contribution in [0.25, 0.3) is 0 Å². The fraction of sp³-hybridized carbons (Fsp3) is 0.700. The van der Waals surface area contributed by atoms with Gasteiger partial charge in [0.25, 0.3) is 5.91 Å². The maximum Gasteiger partial charge on any atom is 0.271 e. The molecule has 1 amide bonds. The molecule has 1 aromatic rings. The largest absolute Gasteiger partial charge is 0.370 e. The number of nitrogens with zero attached hydrogens (tertiary/aromatic N) is 3. The summed E-state index contributed by atoms with van der Waals surface area (Å²) in [6, 6.07) is 1.81. The average Bonchev–Trinajstić information content (AvgIpc) is 3.16. The molecule has 0 unspecified atom stereocenters. The highest BCUT2D eigenvalue weighted by Gasteiger charge is 2.42. The quantitative estimate of drug-likeness (QED) is 0.820. The SMILES string of the molecule is CC(C)=CCN1CCC2(CC[C@@H](CNC(=O)c3cc(C)n(C)n3)O2)CC1. The fourth-order valence-electron chi connectivity index (χ4n) is 3.83. The van der Waals surface area contributed by atoms with E-state index in [1.54, 1.807) is 4.68 Å². The summed E-state index contributed by atoms with van der Waals surface area (Å²) in [6.07, 6.45) is 6.72. The Kier molecular flexibility index (Phi) is 5.82. The van der Waals surface area contributed by atoms with Gasteiger partial charge in [-0.25, -0.2) is 0 Å². The molecule has 1 atom stereocenters. The number of piperidine rings is 1. The second-order valence-electron chi connectivity index (χ2n) is 8.05. The number of aryl methyl sites for hydroxylation is 2. The van der Waals surface area contributed by atoms with Crippen molar-refractivity contribution in [2.45, 2.75) is 58.2 Å². The molecule has 2 aliphatic heterocycles. The van der Waals surface area contributed by atoms with Crippen LogP contribution < -0.4 is 5.32 Å². The number of hydrogen-bond donors (Lipinski definition) is 1. The zero-order valence-corrected chi connectivity index (χ0v) is 16.5. The molecule has 1 spiro atoms. The van der Waals surface area contributed by atoms with Gasteiger partial charge in [-0.2, -0.15) is 5.10 Å². The van der Waals surface area contributed by atoms with E-state index < -0.39 is 0 Å². The number of rotatable bonds is 5. The molecule has 6 heteroatoms. The summed E-state index contributed by atoms with van der Waals surface area (Å²) in [6.45, 7) is 10.0. The Hall–Kier alpha value is -1.66. The third kappa shape index (κ3) is 4.54. The normalized spacial score (nSPS) is 22.5. The number of carbonyl (C=O) groups excluding carboxylic acids is 1. The molecule has 2 fully saturated rings. The molecule has 1 N–H and O–H groups in total. The van der Waals surface area contributed by atoms with E-state index in [4.69, 9.17) is 4.74 Å². The minimum Gasteiger partial charge on any atom is -0.370 e. The summed E-state index contributed by atoms with van der Waals surface area (Å²) < 4.78 is 8.12. The lowest BCUT2D eigenvalue weighted by Crippen LogP contribution is -2.45. The zero-order chi connectivity index (χ0) is 18.7. The van der Waals surface area contributed by atoms with Crippen LogP contribution in [0.15, 0.2) is 17.7 Å². The first-order chi connectivity index (χ1) is 12.4. The summed E-state index contributed by atoms with van der Waals surface area (Å²) in [5.41, 5.74) is 2.86. The minimum absolute atomic E-state index is 0.0262. The van der Waals surface area contributed by atoms with Crippen LogP contribution in [0.2, 0.25) is 0 Å². The number of carbonyl (C=O) groups is 1. The predicted octanol–water partition coefficient (Wildman–Crippen LogP) is 2.44. The average molecular weight is 361 g/mol. The van der Waals surface area contributed by atoms with E-state index in [2.05, 4.69) is 35.2 Å². The molecule has 3 heterocycles. The Balaban J connectivity index is 1.44. The summed E-state index contributed by atoms with van der Waals surface area (Å²) in [4.78, 5) is 14.8. The van der Waals surface area contributed by atoms with Crippen molar-refractivity contribution in [1.29, 1.82) is 0 Å². The second-order valence-corrected chi connectivity index (χ2v) is 8.05. The fourth-order valence-corrected chi connectivity index (χ4v) is 3.83. The van der Waals surface area contributed by atoms with Gasteiger partial charge in [-0.3, -0.25) is 14.4 Å². The van der Waals surface area contributed by atoms with Crippen LogP contribution in [0.4, 0.5) is 0 Å². The van der Waals surface area contributed by atoms with Crippen LogP contribution in [0.3, 0.4) is 0 Å². The maximum atomic E-state index is 12.2. The van der Waals surface area contributed by atoms with Gasteiger partial charge in [-0.05, 0) is 52.5 Å². The molecule has 0 bridgehead atoms. The highest BCUT2D eigenvalue weighted by atomic mass is 16.5. The lowest BCUT2D eigenvalue weighted by Gasteiger charge is -2.39. The molecule has 0 radical (unpaired) electrons. The highest BCUT2D eigenvalue weighted by molar-refractivity contribution is 5.92. The van der Waals surface area contributed by atoms with E-state index >= 15 is 0 Å². The molecule has 6 nitrogen and oxygen atoms in total. The van der Waals surface area contributed by atoms with Gasteiger partial charge in [0.1, 0.15) is 5.69 Å². The van der Waals surface area contributed by atoms with E-state index in [0.717, 1.165) is 51.0 Å². The third-order valence-electron chi connectivity index (χ3n) is 5.70. The first-order valence-corrected chi connectivity index (χ1v) is 9.69. The molecule has 0 aliphatic carbocycles. The Labute approximate surface area is 156 Å². The van der Waals surface area contributed by atoms with Gasteiger partial charge in [0, 0.05) is 38.9 Å². The van der Waals surface area contributed by atoms with Crippen LogP contribution in [0.5, 0.6) is 0 Å². The van der Waals surface area contributed by atoms with E-state index in [0.29, 0.717) is 12.2 Å². The Morgan fingerprint density at radius 3 is 2.73 bits per heavy atom. The van der Waals surface area contributed by atoms with Crippen molar-refractivity contribution in [2.75, 3.05) is 26.2 Å². The lowest BCUT2D eigenvalue weighted by atomic mass is 9.88. The van der Waals surface area contributed by atoms with Gasteiger partial charge in [0.15, 0.2) is 0 Å². The Morgan fingerprint density at radius 1 is 1.38 bits per heavy atom. The van der Waals surface area contributed by atoms with Crippen molar-refractivity contribution in [3.63, 3.8) is 0 Å². The molecular formula is C20H32N4O2. The Bertz CT molecular complexity index is 648. The first kappa shape index (κ1) is 19.1. The smallest absolute Gasteiger partial charge is 0.271 e. The van der Waals surface area contributed by atoms with Gasteiger partial charge in [0.05, 0.1) is 11.7 Å².